The van der Waals surface area contributed by atoms with Crippen molar-refractivity contribution in [2.24, 2.45) is 10.7 Å². The van der Waals surface area contributed by atoms with Gasteiger partial charge in [-0.1, -0.05) is 30.3 Å². The Bertz CT molecular complexity index is 763. The molecule has 0 aliphatic carbocycles. The van der Waals surface area contributed by atoms with Crippen LogP contribution in [-0.4, -0.2) is 42.9 Å². The third-order valence-corrected chi connectivity index (χ3v) is 4.52. The molecule has 0 aliphatic heterocycles. The maximum Gasteiger partial charge on any atom is 0.284 e. The molecule has 8 heteroatoms. The van der Waals surface area contributed by atoms with Gasteiger partial charge in [0.25, 0.3) is 5.91 Å². The molecule has 0 spiro atoms. The van der Waals surface area contributed by atoms with Crippen molar-refractivity contribution >= 4 is 35.8 Å². The van der Waals surface area contributed by atoms with E-state index in [1.54, 1.807) is 12.1 Å². The van der Waals surface area contributed by atoms with E-state index in [1.165, 1.54) is 5.56 Å². The number of guanidine groups is 1. The number of benzene rings is 1. The zero-order valence-electron chi connectivity index (χ0n) is 17.4. The van der Waals surface area contributed by atoms with Crippen molar-refractivity contribution in [2.45, 2.75) is 39.4 Å². The van der Waals surface area contributed by atoms with E-state index in [0.29, 0.717) is 18.3 Å². The van der Waals surface area contributed by atoms with Crippen LogP contribution in [-0.2, 0) is 13.1 Å². The smallest absolute Gasteiger partial charge is 0.284 e. The first-order valence-corrected chi connectivity index (χ1v) is 9.64. The quantitative estimate of drug-likeness (QED) is 0.258. The SMILES string of the molecule is CCNC(=NCc1ccc(C(N)=O)o1)NCCC(C)N(C)Cc1ccccc1.I. The first kappa shape index (κ1) is 25.0. The Hall–Kier alpha value is -2.07. The maximum atomic E-state index is 11.1. The molecule has 2 aromatic rings. The number of carbonyl (C=O) groups is 1. The van der Waals surface area contributed by atoms with E-state index in [9.17, 15) is 4.79 Å². The third kappa shape index (κ3) is 8.86. The van der Waals surface area contributed by atoms with E-state index in [0.717, 1.165) is 32.0 Å². The van der Waals surface area contributed by atoms with Crippen molar-refractivity contribution < 1.29 is 9.21 Å². The first-order chi connectivity index (χ1) is 13.5. The molecule has 1 atom stereocenters. The lowest BCUT2D eigenvalue weighted by molar-refractivity contribution is 0.0972. The lowest BCUT2D eigenvalue weighted by Crippen LogP contribution is -2.40. The first-order valence-electron chi connectivity index (χ1n) is 9.64. The standard InChI is InChI=1S/C21H31N5O2.HI/c1-4-23-21(25-14-18-10-11-19(28-18)20(22)27)24-13-12-16(2)26(3)15-17-8-6-5-7-9-17;/h5-11,16H,4,12-15H2,1-3H3,(H2,22,27)(H2,23,24,25);1H. The molecule has 4 N–H and O–H groups in total. The van der Waals surface area contributed by atoms with Gasteiger partial charge in [-0.3, -0.25) is 9.69 Å². The number of halogens is 1. The minimum Gasteiger partial charge on any atom is -0.454 e. The van der Waals surface area contributed by atoms with Crippen LogP contribution in [0, 0.1) is 0 Å². The summed E-state index contributed by atoms with van der Waals surface area (Å²) in [5.41, 5.74) is 6.51. The van der Waals surface area contributed by atoms with Gasteiger partial charge in [-0.25, -0.2) is 4.99 Å². The van der Waals surface area contributed by atoms with Crippen LogP contribution < -0.4 is 16.4 Å². The van der Waals surface area contributed by atoms with E-state index in [4.69, 9.17) is 10.2 Å². The normalized spacial score (nSPS) is 12.3. The molecule has 2 rings (SSSR count). The number of hydrogen-bond donors (Lipinski definition) is 3. The Morgan fingerprint density at radius 3 is 2.55 bits per heavy atom. The molecule has 1 unspecified atom stereocenters. The minimum absolute atomic E-state index is 0. The summed E-state index contributed by atoms with van der Waals surface area (Å²) in [5.74, 6) is 0.895. The summed E-state index contributed by atoms with van der Waals surface area (Å²) in [6, 6.07) is 14.2. The summed E-state index contributed by atoms with van der Waals surface area (Å²) >= 11 is 0. The van der Waals surface area contributed by atoms with Gasteiger partial charge in [0.1, 0.15) is 12.3 Å². The minimum atomic E-state index is -0.575. The van der Waals surface area contributed by atoms with Gasteiger partial charge in [-0.15, -0.1) is 24.0 Å². The number of nitrogens with two attached hydrogens (primary N) is 1. The molecule has 0 saturated heterocycles. The van der Waals surface area contributed by atoms with Gasteiger partial charge < -0.3 is 20.8 Å². The average molecular weight is 513 g/mol. The molecule has 1 aromatic carbocycles. The number of primary amides is 1. The van der Waals surface area contributed by atoms with Crippen molar-refractivity contribution in [3.05, 3.63) is 59.5 Å². The molecule has 160 valence electrons. The van der Waals surface area contributed by atoms with Gasteiger partial charge in [-0.2, -0.15) is 0 Å². The zero-order valence-corrected chi connectivity index (χ0v) is 19.7. The van der Waals surface area contributed by atoms with E-state index in [1.807, 2.05) is 13.0 Å². The van der Waals surface area contributed by atoms with Crippen LogP contribution in [0.15, 0.2) is 51.9 Å². The number of carbonyl (C=O) groups excluding carboxylic acids is 1. The number of aliphatic imine (C=N–C) groups is 1. The summed E-state index contributed by atoms with van der Waals surface area (Å²) in [5, 5.41) is 6.57. The van der Waals surface area contributed by atoms with Crippen molar-refractivity contribution in [3.8, 4) is 0 Å². The van der Waals surface area contributed by atoms with Gasteiger partial charge in [0, 0.05) is 25.7 Å². The van der Waals surface area contributed by atoms with Crippen LogP contribution in [0.3, 0.4) is 0 Å². The highest BCUT2D eigenvalue weighted by Crippen LogP contribution is 2.09. The van der Waals surface area contributed by atoms with Crippen molar-refractivity contribution in [1.29, 1.82) is 0 Å². The number of furan rings is 1. The largest absolute Gasteiger partial charge is 0.454 e. The van der Waals surface area contributed by atoms with Gasteiger partial charge in [0.2, 0.25) is 0 Å². The zero-order chi connectivity index (χ0) is 20.4. The Morgan fingerprint density at radius 1 is 1.21 bits per heavy atom. The number of nitrogens with zero attached hydrogens (tertiary/aromatic N) is 2. The van der Waals surface area contributed by atoms with Gasteiger partial charge in [0.15, 0.2) is 11.7 Å². The number of rotatable bonds is 10. The summed E-state index contributed by atoms with van der Waals surface area (Å²) in [4.78, 5) is 17.9. The summed E-state index contributed by atoms with van der Waals surface area (Å²) < 4.78 is 5.36. The summed E-state index contributed by atoms with van der Waals surface area (Å²) in [7, 11) is 2.14. The Labute approximate surface area is 190 Å². The van der Waals surface area contributed by atoms with Gasteiger partial charge in [-0.05, 0) is 45.0 Å². The second-order valence-electron chi connectivity index (χ2n) is 6.79. The highest BCUT2D eigenvalue weighted by atomic mass is 127. The molecule has 1 amide bonds. The molecule has 0 saturated carbocycles. The predicted octanol–water partition coefficient (Wildman–Crippen LogP) is 2.96. The summed E-state index contributed by atoms with van der Waals surface area (Å²) in [6.45, 7) is 7.08. The summed E-state index contributed by atoms with van der Waals surface area (Å²) in [6.07, 6.45) is 0.986. The Kier molecular flexibility index (Phi) is 11.4. The molecule has 0 fully saturated rings. The van der Waals surface area contributed by atoms with E-state index in [-0.39, 0.29) is 29.7 Å². The molecule has 1 heterocycles. The second kappa shape index (κ2) is 13.2. The average Bonchev–Trinajstić information content (AvgIpc) is 3.16. The lowest BCUT2D eigenvalue weighted by atomic mass is 10.1. The molecule has 0 radical (unpaired) electrons. The highest BCUT2D eigenvalue weighted by molar-refractivity contribution is 14.0. The fourth-order valence-electron chi connectivity index (χ4n) is 2.74. The van der Waals surface area contributed by atoms with E-state index in [2.05, 4.69) is 58.8 Å². The van der Waals surface area contributed by atoms with Gasteiger partial charge >= 0.3 is 0 Å². The Morgan fingerprint density at radius 2 is 1.93 bits per heavy atom. The molecule has 7 nitrogen and oxygen atoms in total. The van der Waals surface area contributed by atoms with Gasteiger partial charge in [0.05, 0.1) is 0 Å². The van der Waals surface area contributed by atoms with Crippen molar-refractivity contribution in [1.82, 2.24) is 15.5 Å². The highest BCUT2D eigenvalue weighted by Gasteiger charge is 2.10. The fourth-order valence-corrected chi connectivity index (χ4v) is 2.74. The van der Waals surface area contributed by atoms with E-state index >= 15 is 0 Å². The lowest BCUT2D eigenvalue weighted by Gasteiger charge is -2.25. The molecular formula is C21H32IN5O2. The van der Waals surface area contributed by atoms with E-state index < -0.39 is 5.91 Å². The molecule has 0 aliphatic rings. The molecule has 1 aromatic heterocycles. The monoisotopic (exact) mass is 513 g/mol. The second-order valence-corrected chi connectivity index (χ2v) is 6.79. The van der Waals surface area contributed by atoms with Crippen LogP contribution in [0.2, 0.25) is 0 Å². The fraction of sp³-hybridized carbons (Fsp3) is 0.429. The number of nitrogens with one attached hydrogen (secondary N) is 2. The Balaban J connectivity index is 0.00000420. The van der Waals surface area contributed by atoms with Crippen LogP contribution in [0.25, 0.3) is 0 Å². The van der Waals surface area contributed by atoms with Crippen LogP contribution in [0.4, 0.5) is 0 Å². The van der Waals surface area contributed by atoms with Crippen molar-refractivity contribution in [2.75, 3.05) is 20.1 Å². The predicted molar refractivity (Wildman–Crippen MR) is 127 cm³/mol. The number of hydrogen-bond acceptors (Lipinski definition) is 4. The third-order valence-electron chi connectivity index (χ3n) is 4.52. The van der Waals surface area contributed by atoms with Crippen LogP contribution >= 0.6 is 24.0 Å². The molecular weight excluding hydrogens is 481 g/mol. The van der Waals surface area contributed by atoms with Crippen LogP contribution in [0.5, 0.6) is 0 Å². The van der Waals surface area contributed by atoms with Crippen molar-refractivity contribution in [3.63, 3.8) is 0 Å². The molecule has 0 bridgehead atoms. The number of amides is 1. The molecule has 29 heavy (non-hydrogen) atoms. The maximum absolute atomic E-state index is 11.1. The van der Waals surface area contributed by atoms with Crippen LogP contribution in [0.1, 0.15) is 42.1 Å². The topological polar surface area (TPSA) is 95.9 Å².